The molecule has 0 spiro atoms. The standard InChI is InChI=1S/C23H27N5O3/c1-3-5-10-21(29)28(20(4-2)23(30)31)15-16-11-13-17(14-12-16)18-8-6-7-9-19(18)22-24-26-27-25-22/h6-9,11-14,20H,3-5,10,15H2,1-2H3,(H,30,31)(H,24,25,26,27)/t20-/m0/s1. The molecule has 1 atom stereocenters. The van der Waals surface area contributed by atoms with Gasteiger partial charge in [-0.05, 0) is 34.7 Å². The highest BCUT2D eigenvalue weighted by Crippen LogP contribution is 2.30. The molecule has 0 aliphatic rings. The first-order valence-electron chi connectivity index (χ1n) is 10.5. The van der Waals surface area contributed by atoms with E-state index in [0.29, 0.717) is 18.7 Å². The maximum absolute atomic E-state index is 12.7. The van der Waals surface area contributed by atoms with Gasteiger partial charge < -0.3 is 10.0 Å². The molecule has 0 aliphatic carbocycles. The Morgan fingerprint density at radius 1 is 1.06 bits per heavy atom. The number of nitrogens with one attached hydrogen (secondary N) is 1. The molecular formula is C23H27N5O3. The normalized spacial score (nSPS) is 11.8. The highest BCUT2D eigenvalue weighted by molar-refractivity contribution is 5.84. The van der Waals surface area contributed by atoms with Crippen molar-refractivity contribution in [2.45, 2.75) is 52.1 Å². The SMILES string of the molecule is CCCCC(=O)N(Cc1ccc(-c2ccccc2-c2nn[nH]n2)cc1)[C@@H](CC)C(=O)O. The fraction of sp³-hybridized carbons (Fsp3) is 0.348. The number of H-pyrrole nitrogens is 1. The lowest BCUT2D eigenvalue weighted by Gasteiger charge is -2.28. The molecule has 31 heavy (non-hydrogen) atoms. The topological polar surface area (TPSA) is 112 Å². The number of aliphatic carboxylic acids is 1. The van der Waals surface area contributed by atoms with E-state index < -0.39 is 12.0 Å². The van der Waals surface area contributed by atoms with E-state index in [1.54, 1.807) is 6.92 Å². The van der Waals surface area contributed by atoms with Crippen LogP contribution in [0.2, 0.25) is 0 Å². The van der Waals surface area contributed by atoms with Gasteiger partial charge in [-0.2, -0.15) is 5.21 Å². The van der Waals surface area contributed by atoms with Gasteiger partial charge in [-0.25, -0.2) is 4.79 Å². The van der Waals surface area contributed by atoms with E-state index in [1.165, 1.54) is 4.90 Å². The maximum atomic E-state index is 12.7. The zero-order chi connectivity index (χ0) is 22.2. The molecule has 2 aromatic carbocycles. The second-order valence-corrected chi connectivity index (χ2v) is 7.37. The third kappa shape index (κ3) is 5.33. The van der Waals surface area contributed by atoms with Crippen LogP contribution in [0.15, 0.2) is 48.5 Å². The van der Waals surface area contributed by atoms with Gasteiger partial charge in [-0.15, -0.1) is 10.2 Å². The second-order valence-electron chi connectivity index (χ2n) is 7.37. The fourth-order valence-corrected chi connectivity index (χ4v) is 3.56. The number of nitrogens with zero attached hydrogens (tertiary/aromatic N) is 4. The second kappa shape index (κ2) is 10.5. The van der Waals surface area contributed by atoms with Gasteiger partial charge in [0.25, 0.3) is 0 Å². The van der Waals surface area contributed by atoms with Crippen LogP contribution in [0.4, 0.5) is 0 Å². The van der Waals surface area contributed by atoms with E-state index in [4.69, 9.17) is 0 Å². The molecule has 0 unspecified atom stereocenters. The molecule has 0 aliphatic heterocycles. The number of carbonyl (C=O) groups excluding carboxylic acids is 1. The van der Waals surface area contributed by atoms with Crippen LogP contribution in [0.25, 0.3) is 22.5 Å². The van der Waals surface area contributed by atoms with Crippen LogP contribution in [0.3, 0.4) is 0 Å². The number of carboxylic acid groups (broad SMARTS) is 1. The highest BCUT2D eigenvalue weighted by atomic mass is 16.4. The van der Waals surface area contributed by atoms with Crippen molar-refractivity contribution in [3.05, 3.63) is 54.1 Å². The summed E-state index contributed by atoms with van der Waals surface area (Å²) in [6, 6.07) is 14.7. The van der Waals surface area contributed by atoms with Crippen LogP contribution in [0.5, 0.6) is 0 Å². The molecule has 8 heteroatoms. The van der Waals surface area contributed by atoms with E-state index in [2.05, 4.69) is 20.6 Å². The predicted molar refractivity (Wildman–Crippen MR) is 117 cm³/mol. The molecule has 0 saturated heterocycles. The zero-order valence-electron chi connectivity index (χ0n) is 17.8. The minimum atomic E-state index is -0.974. The summed E-state index contributed by atoms with van der Waals surface area (Å²) >= 11 is 0. The largest absolute Gasteiger partial charge is 0.480 e. The first-order valence-corrected chi connectivity index (χ1v) is 10.5. The maximum Gasteiger partial charge on any atom is 0.326 e. The van der Waals surface area contributed by atoms with Crippen molar-refractivity contribution in [3.8, 4) is 22.5 Å². The lowest BCUT2D eigenvalue weighted by atomic mass is 9.98. The van der Waals surface area contributed by atoms with Crippen LogP contribution in [0, 0.1) is 0 Å². The molecule has 1 amide bonds. The Morgan fingerprint density at radius 2 is 1.77 bits per heavy atom. The Balaban J connectivity index is 1.85. The number of aromatic amines is 1. The summed E-state index contributed by atoms with van der Waals surface area (Å²) in [6.07, 6.45) is 2.36. The predicted octanol–water partition coefficient (Wildman–Crippen LogP) is 3.92. The molecule has 1 aromatic heterocycles. The number of hydrogen-bond acceptors (Lipinski definition) is 5. The number of benzene rings is 2. The number of aromatic nitrogens is 4. The first-order chi connectivity index (χ1) is 15.0. The Morgan fingerprint density at radius 3 is 2.35 bits per heavy atom. The summed E-state index contributed by atoms with van der Waals surface area (Å²) in [5, 5.41) is 23.8. The Bertz CT molecular complexity index is 1000. The molecule has 0 saturated carbocycles. The summed E-state index contributed by atoms with van der Waals surface area (Å²) < 4.78 is 0. The number of tetrazole rings is 1. The monoisotopic (exact) mass is 421 g/mol. The summed E-state index contributed by atoms with van der Waals surface area (Å²) in [5.74, 6) is -0.583. The average Bonchev–Trinajstić information content (AvgIpc) is 3.32. The number of hydrogen-bond donors (Lipinski definition) is 2. The van der Waals surface area contributed by atoms with E-state index in [9.17, 15) is 14.7 Å². The van der Waals surface area contributed by atoms with Crippen molar-refractivity contribution in [2.75, 3.05) is 0 Å². The van der Waals surface area contributed by atoms with Crippen molar-refractivity contribution < 1.29 is 14.7 Å². The summed E-state index contributed by atoms with van der Waals surface area (Å²) in [7, 11) is 0. The van der Waals surface area contributed by atoms with Crippen molar-refractivity contribution in [3.63, 3.8) is 0 Å². The molecule has 3 rings (SSSR count). The Labute approximate surface area is 181 Å². The minimum absolute atomic E-state index is 0.123. The van der Waals surface area contributed by atoms with Crippen molar-refractivity contribution in [1.82, 2.24) is 25.5 Å². The smallest absolute Gasteiger partial charge is 0.326 e. The lowest BCUT2D eigenvalue weighted by molar-refractivity contribution is -0.151. The summed E-state index contributed by atoms with van der Waals surface area (Å²) in [4.78, 5) is 25.9. The molecule has 0 fully saturated rings. The number of unbranched alkanes of at least 4 members (excludes halogenated alkanes) is 1. The van der Waals surface area contributed by atoms with E-state index >= 15 is 0 Å². The quantitative estimate of drug-likeness (QED) is 0.513. The highest BCUT2D eigenvalue weighted by Gasteiger charge is 2.27. The molecule has 0 bridgehead atoms. The molecule has 3 aromatic rings. The Kier molecular flexibility index (Phi) is 7.48. The molecule has 0 radical (unpaired) electrons. The molecule has 8 nitrogen and oxygen atoms in total. The van der Waals surface area contributed by atoms with E-state index in [-0.39, 0.29) is 12.5 Å². The third-order valence-electron chi connectivity index (χ3n) is 5.24. The van der Waals surface area contributed by atoms with Gasteiger partial charge in [0.2, 0.25) is 11.7 Å². The van der Waals surface area contributed by atoms with Crippen molar-refractivity contribution >= 4 is 11.9 Å². The van der Waals surface area contributed by atoms with Gasteiger partial charge in [0.15, 0.2) is 0 Å². The average molecular weight is 422 g/mol. The van der Waals surface area contributed by atoms with Crippen LogP contribution >= 0.6 is 0 Å². The number of rotatable bonds is 10. The van der Waals surface area contributed by atoms with Gasteiger partial charge >= 0.3 is 5.97 Å². The van der Waals surface area contributed by atoms with Crippen LogP contribution in [-0.2, 0) is 16.1 Å². The number of carbonyl (C=O) groups is 2. The van der Waals surface area contributed by atoms with Crippen LogP contribution in [0.1, 0.15) is 45.1 Å². The fourth-order valence-electron chi connectivity index (χ4n) is 3.56. The molecule has 162 valence electrons. The van der Waals surface area contributed by atoms with E-state index in [0.717, 1.165) is 35.1 Å². The molecule has 1 heterocycles. The van der Waals surface area contributed by atoms with Crippen molar-refractivity contribution in [1.29, 1.82) is 0 Å². The zero-order valence-corrected chi connectivity index (χ0v) is 17.8. The Hall–Kier alpha value is -3.55. The van der Waals surface area contributed by atoms with Crippen LogP contribution in [-0.4, -0.2) is 48.5 Å². The van der Waals surface area contributed by atoms with Gasteiger partial charge in [-0.3, -0.25) is 4.79 Å². The van der Waals surface area contributed by atoms with Crippen LogP contribution < -0.4 is 0 Å². The van der Waals surface area contributed by atoms with E-state index in [1.807, 2.05) is 55.5 Å². The summed E-state index contributed by atoms with van der Waals surface area (Å²) in [5.41, 5.74) is 3.67. The molecule has 2 N–H and O–H groups in total. The number of carboxylic acids is 1. The third-order valence-corrected chi connectivity index (χ3v) is 5.24. The first kappa shape index (κ1) is 22.1. The summed E-state index contributed by atoms with van der Waals surface area (Å²) in [6.45, 7) is 4.06. The van der Waals surface area contributed by atoms with Gasteiger partial charge in [0.05, 0.1) is 0 Å². The van der Waals surface area contributed by atoms with Gasteiger partial charge in [0, 0.05) is 18.5 Å². The lowest BCUT2D eigenvalue weighted by Crippen LogP contribution is -2.44. The number of amides is 1. The minimum Gasteiger partial charge on any atom is -0.480 e. The van der Waals surface area contributed by atoms with Gasteiger partial charge in [0.1, 0.15) is 6.04 Å². The van der Waals surface area contributed by atoms with Gasteiger partial charge in [-0.1, -0.05) is 68.8 Å². The molecular weight excluding hydrogens is 394 g/mol. The van der Waals surface area contributed by atoms with Crippen molar-refractivity contribution in [2.24, 2.45) is 0 Å².